The summed E-state index contributed by atoms with van der Waals surface area (Å²) in [5.41, 5.74) is 4.41. The third kappa shape index (κ3) is 4.31. The summed E-state index contributed by atoms with van der Waals surface area (Å²) in [6.45, 7) is 9.59. The second-order valence-corrected chi connectivity index (χ2v) is 7.41. The molecule has 0 spiro atoms. The molecule has 1 aliphatic heterocycles. The van der Waals surface area contributed by atoms with E-state index < -0.39 is 4.92 Å². The van der Waals surface area contributed by atoms with Crippen molar-refractivity contribution in [2.75, 3.05) is 42.9 Å². The molecule has 1 fully saturated rings. The lowest BCUT2D eigenvalue weighted by atomic mass is 10.1. The van der Waals surface area contributed by atoms with Crippen LogP contribution < -0.4 is 15.1 Å². The van der Waals surface area contributed by atoms with Crippen LogP contribution in [0.2, 0.25) is 0 Å². The van der Waals surface area contributed by atoms with Gasteiger partial charge in [0.25, 0.3) is 11.6 Å². The molecule has 0 saturated carbocycles. The number of nitrogens with zero attached hydrogens (tertiary/aromatic N) is 2. The molecule has 0 radical (unpaired) electrons. The van der Waals surface area contributed by atoms with Crippen LogP contribution in [0.25, 0.3) is 0 Å². The summed E-state index contributed by atoms with van der Waals surface area (Å²) in [6.07, 6.45) is 0. The maximum atomic E-state index is 12.6. The van der Waals surface area contributed by atoms with Gasteiger partial charge in [0.15, 0.2) is 6.54 Å². The van der Waals surface area contributed by atoms with E-state index in [-0.39, 0.29) is 11.6 Å². The van der Waals surface area contributed by atoms with Gasteiger partial charge >= 0.3 is 0 Å². The van der Waals surface area contributed by atoms with E-state index in [1.165, 1.54) is 22.2 Å². The van der Waals surface area contributed by atoms with Crippen LogP contribution >= 0.6 is 0 Å². The lowest BCUT2D eigenvalue weighted by Crippen LogP contribution is -3.15. The van der Waals surface area contributed by atoms with Crippen LogP contribution in [0.5, 0.6) is 0 Å². The molecule has 1 saturated heterocycles. The number of carbonyl (C=O) groups is 1. The van der Waals surface area contributed by atoms with Crippen molar-refractivity contribution in [1.29, 1.82) is 0 Å². The van der Waals surface area contributed by atoms with Crippen LogP contribution in [0.15, 0.2) is 36.4 Å². The molecule has 0 atom stereocenters. The van der Waals surface area contributed by atoms with Gasteiger partial charge in [0.05, 0.1) is 31.1 Å². The first-order chi connectivity index (χ1) is 13.4. The number of rotatable bonds is 5. The summed E-state index contributed by atoms with van der Waals surface area (Å²) < 4.78 is 0. The van der Waals surface area contributed by atoms with Crippen LogP contribution in [-0.2, 0) is 4.79 Å². The molecule has 1 heterocycles. The molecule has 0 aliphatic carbocycles. The Bertz CT molecular complexity index is 889. The van der Waals surface area contributed by atoms with Gasteiger partial charge in [-0.05, 0) is 43.5 Å². The van der Waals surface area contributed by atoms with E-state index in [1.807, 2.05) is 19.1 Å². The highest BCUT2D eigenvalue weighted by molar-refractivity contribution is 5.95. The van der Waals surface area contributed by atoms with E-state index in [9.17, 15) is 14.9 Å². The first-order valence-electron chi connectivity index (χ1n) is 9.55. The Hall–Kier alpha value is -2.93. The second-order valence-electron chi connectivity index (χ2n) is 7.41. The van der Waals surface area contributed by atoms with Crippen molar-refractivity contribution in [3.05, 3.63) is 63.2 Å². The number of aryl methyl sites for hydroxylation is 2. The highest BCUT2D eigenvalue weighted by Gasteiger charge is 2.25. The van der Waals surface area contributed by atoms with Crippen molar-refractivity contribution in [1.82, 2.24) is 0 Å². The van der Waals surface area contributed by atoms with Gasteiger partial charge in [-0.15, -0.1) is 0 Å². The van der Waals surface area contributed by atoms with Crippen LogP contribution in [0.1, 0.15) is 16.7 Å². The van der Waals surface area contributed by atoms with Crippen molar-refractivity contribution < 1.29 is 14.6 Å². The average Bonchev–Trinajstić information content (AvgIpc) is 2.66. The van der Waals surface area contributed by atoms with E-state index >= 15 is 0 Å². The molecule has 148 valence electrons. The molecule has 7 nitrogen and oxygen atoms in total. The highest BCUT2D eigenvalue weighted by Crippen LogP contribution is 2.30. The Morgan fingerprint density at radius 1 is 1.11 bits per heavy atom. The van der Waals surface area contributed by atoms with Crippen molar-refractivity contribution in [2.24, 2.45) is 0 Å². The van der Waals surface area contributed by atoms with Gasteiger partial charge in [-0.25, -0.2) is 0 Å². The van der Waals surface area contributed by atoms with Gasteiger partial charge in [-0.3, -0.25) is 14.9 Å². The second kappa shape index (κ2) is 8.39. The fourth-order valence-electron chi connectivity index (χ4n) is 3.68. The van der Waals surface area contributed by atoms with Gasteiger partial charge in [-0.1, -0.05) is 24.3 Å². The Balaban J connectivity index is 1.61. The summed E-state index contributed by atoms with van der Waals surface area (Å²) in [7, 11) is 0. The van der Waals surface area contributed by atoms with E-state index in [0.717, 1.165) is 37.3 Å². The molecule has 0 aromatic heterocycles. The predicted octanol–water partition coefficient (Wildman–Crippen LogP) is 1.86. The van der Waals surface area contributed by atoms with Gasteiger partial charge in [-0.2, -0.15) is 0 Å². The standard InChI is InChI=1S/C21H26N4O3/c1-15-8-9-19(25(27)28)21(17(15)3)22-20(26)14-23-10-12-24(13-11-23)18-7-5-4-6-16(18)2/h4-9H,10-14H2,1-3H3,(H,22,26)/p+1. The molecule has 0 unspecified atom stereocenters. The normalized spacial score (nSPS) is 14.8. The lowest BCUT2D eigenvalue weighted by Gasteiger charge is -2.34. The number of hydrogen-bond donors (Lipinski definition) is 2. The molecule has 2 aromatic carbocycles. The zero-order valence-electron chi connectivity index (χ0n) is 16.6. The number of hydrogen-bond acceptors (Lipinski definition) is 4. The van der Waals surface area contributed by atoms with Gasteiger partial charge < -0.3 is 15.1 Å². The Labute approximate surface area is 165 Å². The third-order valence-electron chi connectivity index (χ3n) is 5.51. The van der Waals surface area contributed by atoms with Crippen LogP contribution in [0.3, 0.4) is 0 Å². The molecule has 2 N–H and O–H groups in total. The molecular weight excluding hydrogens is 356 g/mol. The molecule has 2 aromatic rings. The molecule has 0 bridgehead atoms. The number of nitro benzene ring substituents is 1. The van der Waals surface area contributed by atoms with E-state index in [1.54, 1.807) is 13.0 Å². The Morgan fingerprint density at radius 3 is 2.43 bits per heavy atom. The number of nitro groups is 1. The minimum atomic E-state index is -0.449. The molecule has 7 heteroatoms. The van der Waals surface area contributed by atoms with Gasteiger partial charge in [0.1, 0.15) is 5.69 Å². The number of anilines is 2. The SMILES string of the molecule is Cc1ccccc1N1CC[NH+](CC(=O)Nc2c([N+](=O)[O-])ccc(C)c2C)CC1. The maximum Gasteiger partial charge on any atom is 0.293 e. The summed E-state index contributed by atoms with van der Waals surface area (Å²) >= 11 is 0. The van der Waals surface area contributed by atoms with Crippen molar-refractivity contribution >= 4 is 23.0 Å². The average molecular weight is 383 g/mol. The minimum absolute atomic E-state index is 0.0594. The van der Waals surface area contributed by atoms with Crippen LogP contribution in [0, 0.1) is 30.9 Å². The molecule has 1 aliphatic rings. The topological polar surface area (TPSA) is 79.9 Å². The highest BCUT2D eigenvalue weighted by atomic mass is 16.6. The number of piperazine rings is 1. The number of para-hydroxylation sites is 1. The number of amides is 1. The first-order valence-corrected chi connectivity index (χ1v) is 9.55. The van der Waals surface area contributed by atoms with E-state index in [4.69, 9.17) is 0 Å². The fraction of sp³-hybridized carbons (Fsp3) is 0.381. The fourth-order valence-corrected chi connectivity index (χ4v) is 3.68. The Morgan fingerprint density at radius 2 is 1.79 bits per heavy atom. The smallest absolute Gasteiger partial charge is 0.293 e. The number of quaternary nitrogens is 1. The maximum absolute atomic E-state index is 12.6. The van der Waals surface area contributed by atoms with Gasteiger partial charge in [0.2, 0.25) is 0 Å². The Kier molecular flexibility index (Phi) is 5.94. The monoisotopic (exact) mass is 383 g/mol. The van der Waals surface area contributed by atoms with Crippen LogP contribution in [-0.4, -0.2) is 43.6 Å². The first kappa shape index (κ1) is 19.8. The van der Waals surface area contributed by atoms with E-state index in [0.29, 0.717) is 12.2 Å². The summed E-state index contributed by atoms with van der Waals surface area (Å²) in [5, 5.41) is 14.1. The largest absolute Gasteiger partial charge is 0.360 e. The van der Waals surface area contributed by atoms with Crippen molar-refractivity contribution in [2.45, 2.75) is 20.8 Å². The summed E-state index contributed by atoms with van der Waals surface area (Å²) in [6, 6.07) is 11.5. The lowest BCUT2D eigenvalue weighted by molar-refractivity contribution is -0.892. The number of carbonyl (C=O) groups excluding carboxylic acids is 1. The molecule has 1 amide bonds. The van der Waals surface area contributed by atoms with Gasteiger partial charge in [0, 0.05) is 11.8 Å². The quantitative estimate of drug-likeness (QED) is 0.610. The zero-order valence-corrected chi connectivity index (χ0v) is 16.6. The zero-order chi connectivity index (χ0) is 20.3. The van der Waals surface area contributed by atoms with Crippen LogP contribution in [0.4, 0.5) is 17.1 Å². The predicted molar refractivity (Wildman–Crippen MR) is 110 cm³/mol. The van der Waals surface area contributed by atoms with E-state index in [2.05, 4.69) is 29.3 Å². The molecule has 28 heavy (non-hydrogen) atoms. The summed E-state index contributed by atoms with van der Waals surface area (Å²) in [5.74, 6) is -0.184. The number of nitrogens with one attached hydrogen (secondary N) is 2. The van der Waals surface area contributed by atoms with Crippen molar-refractivity contribution in [3.63, 3.8) is 0 Å². The minimum Gasteiger partial charge on any atom is -0.360 e. The third-order valence-corrected chi connectivity index (χ3v) is 5.51. The number of benzene rings is 2. The molecule has 3 rings (SSSR count). The van der Waals surface area contributed by atoms with Crippen molar-refractivity contribution in [3.8, 4) is 0 Å². The summed E-state index contributed by atoms with van der Waals surface area (Å²) in [4.78, 5) is 27.0. The molecular formula is C21H27N4O3+.